The zero-order valence-electron chi connectivity index (χ0n) is 34.3. The van der Waals surface area contributed by atoms with Gasteiger partial charge in [0.2, 0.25) is 0 Å². The molecule has 65 heavy (non-hydrogen) atoms. The zero-order valence-corrected chi connectivity index (χ0v) is 47.0. The van der Waals surface area contributed by atoms with Crippen LogP contribution in [0.1, 0.15) is 50.1 Å². The van der Waals surface area contributed by atoms with Gasteiger partial charge >= 0.3 is 0 Å². The average Bonchev–Trinajstić information content (AvgIpc) is 3.93. The average molecular weight is 1360 g/mol. The van der Waals surface area contributed by atoms with Crippen LogP contribution in [0.25, 0.3) is 44.5 Å². The molecule has 0 aliphatic heterocycles. The topological polar surface area (TPSA) is 0 Å². The van der Waals surface area contributed by atoms with Crippen molar-refractivity contribution in [1.29, 1.82) is 0 Å². The molecule has 0 saturated heterocycles. The van der Waals surface area contributed by atoms with Gasteiger partial charge in [-0.25, -0.2) is 0 Å². The normalized spacial score (nSPS) is 13.9. The van der Waals surface area contributed by atoms with Crippen LogP contribution in [-0.4, -0.2) is 0 Å². The molecule has 0 saturated carbocycles. The Hall–Kier alpha value is -3.18. The number of hydrogen-bond acceptors (Lipinski definition) is 0. The minimum atomic E-state index is -0.337. The van der Waals surface area contributed by atoms with Crippen LogP contribution in [0.5, 0.6) is 0 Å². The molecule has 0 atom stereocenters. The summed E-state index contributed by atoms with van der Waals surface area (Å²) >= 11 is 29.9. The van der Waals surface area contributed by atoms with Crippen molar-refractivity contribution in [2.45, 2.75) is 17.8 Å². The summed E-state index contributed by atoms with van der Waals surface area (Å²) in [5.41, 5.74) is 21.7. The Bertz CT molecular complexity index is 2810. The Balaban J connectivity index is 0.000000126. The number of aryl methyl sites for hydroxylation is 1. The van der Waals surface area contributed by atoms with Crippen LogP contribution in [0, 0.1) is 6.92 Å². The van der Waals surface area contributed by atoms with E-state index in [1.54, 1.807) is 0 Å². The van der Waals surface area contributed by atoms with Gasteiger partial charge in [-0.15, -0.1) is 0 Å². The van der Waals surface area contributed by atoms with Gasteiger partial charge in [0.1, 0.15) is 0 Å². The molecule has 9 aromatic rings. The summed E-state index contributed by atoms with van der Waals surface area (Å²) in [6.45, 7) is 2.08. The van der Waals surface area contributed by atoms with Crippen LogP contribution in [0.4, 0.5) is 0 Å². The lowest BCUT2D eigenvalue weighted by Gasteiger charge is -2.31. The van der Waals surface area contributed by atoms with E-state index in [9.17, 15) is 0 Å². The van der Waals surface area contributed by atoms with E-state index in [0.29, 0.717) is 0 Å². The molecule has 0 radical (unpaired) electrons. The fraction of sp³-hybridized carbons (Fsp3) is 0.0526. The molecule has 0 fully saturated rings. The Morgan fingerprint density at radius 3 is 0.538 bits per heavy atom. The van der Waals surface area contributed by atoms with Crippen molar-refractivity contribution in [2.75, 3.05) is 0 Å². The molecular formula is C57H32Br8. The Morgan fingerprint density at radius 2 is 0.400 bits per heavy atom. The van der Waals surface area contributed by atoms with Crippen LogP contribution in [0.2, 0.25) is 0 Å². The first-order chi connectivity index (χ1) is 31.4. The van der Waals surface area contributed by atoms with Gasteiger partial charge in [0.25, 0.3) is 0 Å². The SMILES string of the molecule is Brc1ccc2c(c1)C1(c3cc(Br)ccc3-2)c2cc(Br)ccc2-c2ccc(Br)cc21.Brc1ccc2c(c1)C1(c3cc(Br)ccc3-2)c2cc(Br)ccc2-c2ccc(Br)cc21.Cc1ccccc1. The van der Waals surface area contributed by atoms with Crippen molar-refractivity contribution < 1.29 is 0 Å². The van der Waals surface area contributed by atoms with Gasteiger partial charge in [-0.1, -0.05) is 212 Å². The smallest absolute Gasteiger partial charge is 0.0622 e. The second kappa shape index (κ2) is 17.1. The standard InChI is InChI=1S/2C25H12Br4.C7H8/c2*26-13-1-5-17-18-6-2-14(27)10-22(18)25(21(17)9-13)23-11-15(28)3-7-19(23)20-8-4-16(29)12-24(20)25;1-7-5-3-2-4-6-7/h2*1-12H;2-6H,1H3. The van der Waals surface area contributed by atoms with Crippen LogP contribution in [-0.2, 0) is 10.8 Å². The maximum Gasteiger partial charge on any atom is 0.0727 e. The quantitative estimate of drug-likeness (QED) is 0.142. The van der Waals surface area contributed by atoms with Crippen molar-refractivity contribution in [3.05, 3.63) is 262 Å². The second-order valence-corrected chi connectivity index (χ2v) is 24.0. The molecule has 2 spiro atoms. The third-order valence-electron chi connectivity index (χ3n) is 13.2. The predicted octanol–water partition coefficient (Wildman–Crippen LogP) is 20.2. The van der Waals surface area contributed by atoms with E-state index in [1.165, 1.54) is 94.6 Å². The van der Waals surface area contributed by atoms with Gasteiger partial charge in [0, 0.05) is 35.8 Å². The molecule has 4 aliphatic rings. The Morgan fingerprint density at radius 1 is 0.231 bits per heavy atom. The highest BCUT2D eigenvalue weighted by Crippen LogP contribution is 2.65. The lowest BCUT2D eigenvalue weighted by molar-refractivity contribution is 0.791. The van der Waals surface area contributed by atoms with Gasteiger partial charge in [-0.3, -0.25) is 0 Å². The number of hydrogen-bond donors (Lipinski definition) is 0. The zero-order chi connectivity index (χ0) is 44.9. The summed E-state index contributed by atoms with van der Waals surface area (Å²) in [5, 5.41) is 0. The van der Waals surface area contributed by atoms with Crippen molar-refractivity contribution in [3.63, 3.8) is 0 Å². The van der Waals surface area contributed by atoms with E-state index in [-0.39, 0.29) is 10.8 Å². The van der Waals surface area contributed by atoms with E-state index in [2.05, 4.69) is 292 Å². The highest BCUT2D eigenvalue weighted by molar-refractivity contribution is 9.11. The third kappa shape index (κ3) is 7.05. The molecule has 9 aromatic carbocycles. The van der Waals surface area contributed by atoms with Gasteiger partial charge in [-0.2, -0.15) is 0 Å². The van der Waals surface area contributed by atoms with E-state index in [1.807, 2.05) is 18.2 Å². The largest absolute Gasteiger partial charge is 0.0727 e. The first-order valence-electron chi connectivity index (χ1n) is 20.8. The molecule has 0 unspecified atom stereocenters. The summed E-state index contributed by atoms with van der Waals surface area (Å²) in [6, 6.07) is 63.7. The molecule has 13 rings (SSSR count). The first-order valence-corrected chi connectivity index (χ1v) is 27.2. The van der Waals surface area contributed by atoms with E-state index >= 15 is 0 Å². The van der Waals surface area contributed by atoms with E-state index in [4.69, 9.17) is 0 Å². The number of benzene rings is 9. The molecule has 0 amide bonds. The molecule has 4 aliphatic carbocycles. The van der Waals surface area contributed by atoms with Crippen LogP contribution >= 0.6 is 127 Å². The van der Waals surface area contributed by atoms with Crippen molar-refractivity contribution in [2.24, 2.45) is 0 Å². The van der Waals surface area contributed by atoms with E-state index in [0.717, 1.165) is 35.8 Å². The summed E-state index contributed by atoms with van der Waals surface area (Å²) in [6.07, 6.45) is 0. The molecule has 0 aromatic heterocycles. The van der Waals surface area contributed by atoms with Crippen molar-refractivity contribution in [3.8, 4) is 44.5 Å². The summed E-state index contributed by atoms with van der Waals surface area (Å²) < 4.78 is 8.80. The Labute approximate surface area is 446 Å². The van der Waals surface area contributed by atoms with Gasteiger partial charge in [0.05, 0.1) is 10.8 Å². The minimum Gasteiger partial charge on any atom is -0.0622 e. The second-order valence-electron chi connectivity index (χ2n) is 16.7. The van der Waals surface area contributed by atoms with Crippen molar-refractivity contribution >= 4 is 127 Å². The minimum absolute atomic E-state index is 0.337. The molecule has 8 heteroatoms. The summed E-state index contributed by atoms with van der Waals surface area (Å²) in [4.78, 5) is 0. The van der Waals surface area contributed by atoms with Crippen molar-refractivity contribution in [1.82, 2.24) is 0 Å². The predicted molar refractivity (Wildman–Crippen MR) is 298 cm³/mol. The van der Waals surface area contributed by atoms with Gasteiger partial charge in [0.15, 0.2) is 0 Å². The number of halogens is 8. The van der Waals surface area contributed by atoms with Gasteiger partial charge < -0.3 is 0 Å². The monoisotopic (exact) mass is 1350 g/mol. The van der Waals surface area contributed by atoms with Crippen LogP contribution < -0.4 is 0 Å². The first kappa shape index (κ1) is 44.3. The lowest BCUT2D eigenvalue weighted by Crippen LogP contribution is -2.26. The maximum absolute atomic E-state index is 3.74. The summed E-state index contributed by atoms with van der Waals surface area (Å²) in [5.74, 6) is 0. The fourth-order valence-corrected chi connectivity index (χ4v) is 13.7. The highest BCUT2D eigenvalue weighted by Gasteiger charge is 2.53. The molecule has 0 N–H and O–H groups in total. The Kier molecular flexibility index (Phi) is 11.7. The highest BCUT2D eigenvalue weighted by atomic mass is 79.9. The third-order valence-corrected chi connectivity index (χ3v) is 17.1. The lowest BCUT2D eigenvalue weighted by atomic mass is 9.70. The summed E-state index contributed by atoms with van der Waals surface area (Å²) in [7, 11) is 0. The molecule has 316 valence electrons. The number of fused-ring (bicyclic) bond motifs is 20. The molecule has 0 nitrogen and oxygen atoms in total. The van der Waals surface area contributed by atoms with Crippen LogP contribution in [0.15, 0.2) is 212 Å². The van der Waals surface area contributed by atoms with E-state index < -0.39 is 0 Å². The van der Waals surface area contributed by atoms with Crippen LogP contribution in [0.3, 0.4) is 0 Å². The molecule has 0 heterocycles. The number of rotatable bonds is 0. The molecular weight excluding hydrogens is 1320 g/mol. The molecule has 0 bridgehead atoms. The maximum atomic E-state index is 3.74. The fourth-order valence-electron chi connectivity index (χ4n) is 10.8. The van der Waals surface area contributed by atoms with Gasteiger partial charge in [-0.05, 0) is 193 Å².